The Morgan fingerprint density at radius 2 is 2.03 bits per heavy atom. The van der Waals surface area contributed by atoms with Gasteiger partial charge in [-0.25, -0.2) is 4.79 Å². The second-order valence-corrected chi connectivity index (χ2v) is 7.84. The molecule has 4 heterocycles. The molecule has 33 heavy (non-hydrogen) atoms. The van der Waals surface area contributed by atoms with Crippen molar-refractivity contribution in [2.24, 2.45) is 0 Å². The lowest BCUT2D eigenvalue weighted by atomic mass is 9.89. The van der Waals surface area contributed by atoms with Gasteiger partial charge < -0.3 is 19.5 Å². The lowest BCUT2D eigenvalue weighted by Crippen LogP contribution is -2.50. The van der Waals surface area contributed by atoms with Gasteiger partial charge in [0, 0.05) is 31.6 Å². The summed E-state index contributed by atoms with van der Waals surface area (Å²) in [5.41, 5.74) is 1.26. The van der Waals surface area contributed by atoms with Gasteiger partial charge >= 0.3 is 12.1 Å². The van der Waals surface area contributed by atoms with Crippen LogP contribution in [0.2, 0.25) is 0 Å². The van der Waals surface area contributed by atoms with Crippen LogP contribution in [-0.4, -0.2) is 69.4 Å². The van der Waals surface area contributed by atoms with Crippen LogP contribution in [0.5, 0.6) is 0 Å². The molecule has 2 saturated heterocycles. The highest BCUT2D eigenvalue weighted by atomic mass is 19.4. The normalized spacial score (nSPS) is 22.5. The maximum atomic E-state index is 12.7. The van der Waals surface area contributed by atoms with Crippen LogP contribution >= 0.6 is 0 Å². The molecule has 1 N–H and O–H groups in total. The molecular weight excluding hydrogens is 443 g/mol. The molecule has 4 rings (SSSR count). The average molecular weight is 467 g/mol. The third-order valence-corrected chi connectivity index (χ3v) is 5.34. The largest absolute Gasteiger partial charge is 0.490 e. The molecule has 2 aliphatic heterocycles. The molecule has 0 radical (unpaired) electrons. The Bertz CT molecular complexity index is 930. The van der Waals surface area contributed by atoms with Crippen molar-refractivity contribution < 1.29 is 37.3 Å². The first kappa shape index (κ1) is 24.6. The third-order valence-electron chi connectivity index (χ3n) is 5.34. The SMILES string of the molecule is O=C(O)C(F)(F)F.O=C(c1ccccn1)N1CCC[C@]2(C[C@H](OCc3cccnc3)CO2)C1. The molecule has 0 unspecified atom stereocenters. The van der Waals surface area contributed by atoms with Gasteiger partial charge in [-0.2, -0.15) is 13.2 Å². The van der Waals surface area contributed by atoms with Crippen LogP contribution in [0.1, 0.15) is 35.3 Å². The number of carboxylic acids is 1. The fraction of sp³-hybridized carbons (Fsp3) is 0.455. The number of pyridine rings is 2. The van der Waals surface area contributed by atoms with Gasteiger partial charge in [-0.1, -0.05) is 12.1 Å². The number of aliphatic carboxylic acids is 1. The number of carbonyl (C=O) groups excluding carboxylic acids is 1. The first-order valence-corrected chi connectivity index (χ1v) is 10.3. The molecule has 2 aromatic rings. The number of halogens is 3. The van der Waals surface area contributed by atoms with Crippen LogP contribution in [0, 0.1) is 0 Å². The van der Waals surface area contributed by atoms with Crippen molar-refractivity contribution in [1.82, 2.24) is 14.9 Å². The van der Waals surface area contributed by atoms with Crippen LogP contribution in [0.3, 0.4) is 0 Å². The molecule has 8 nitrogen and oxygen atoms in total. The third kappa shape index (κ3) is 6.96. The minimum Gasteiger partial charge on any atom is -0.475 e. The maximum absolute atomic E-state index is 12.7. The Morgan fingerprint density at radius 1 is 1.24 bits per heavy atom. The lowest BCUT2D eigenvalue weighted by Gasteiger charge is -2.39. The summed E-state index contributed by atoms with van der Waals surface area (Å²) in [7, 11) is 0. The predicted octanol–water partition coefficient (Wildman–Crippen LogP) is 3.09. The topological polar surface area (TPSA) is 102 Å². The summed E-state index contributed by atoms with van der Waals surface area (Å²) in [5.74, 6) is -2.78. The summed E-state index contributed by atoms with van der Waals surface area (Å²) in [6.07, 6.45) is 2.92. The molecule has 2 aliphatic rings. The number of nitrogens with zero attached hydrogens (tertiary/aromatic N) is 3. The zero-order valence-corrected chi connectivity index (χ0v) is 17.7. The Hall–Kier alpha value is -3.05. The van der Waals surface area contributed by atoms with Crippen molar-refractivity contribution in [2.45, 2.75) is 43.8 Å². The molecule has 2 atom stereocenters. The second-order valence-electron chi connectivity index (χ2n) is 7.84. The van der Waals surface area contributed by atoms with Crippen molar-refractivity contribution in [3.8, 4) is 0 Å². The van der Waals surface area contributed by atoms with Gasteiger partial charge in [-0.15, -0.1) is 0 Å². The van der Waals surface area contributed by atoms with Gasteiger partial charge in [0.1, 0.15) is 5.69 Å². The number of ether oxygens (including phenoxy) is 2. The predicted molar refractivity (Wildman–Crippen MR) is 109 cm³/mol. The van der Waals surface area contributed by atoms with E-state index in [0.717, 1.165) is 31.4 Å². The van der Waals surface area contributed by atoms with Crippen LogP contribution in [0.15, 0.2) is 48.9 Å². The highest BCUT2D eigenvalue weighted by molar-refractivity contribution is 5.92. The number of hydrogen-bond acceptors (Lipinski definition) is 6. The van der Waals surface area contributed by atoms with Crippen molar-refractivity contribution in [2.75, 3.05) is 19.7 Å². The van der Waals surface area contributed by atoms with Gasteiger partial charge in [-0.05, 0) is 36.6 Å². The summed E-state index contributed by atoms with van der Waals surface area (Å²) < 4.78 is 43.9. The molecule has 178 valence electrons. The fourth-order valence-corrected chi connectivity index (χ4v) is 3.81. The van der Waals surface area contributed by atoms with Gasteiger partial charge in [-0.3, -0.25) is 14.8 Å². The van der Waals surface area contributed by atoms with E-state index in [1.165, 1.54) is 0 Å². The van der Waals surface area contributed by atoms with E-state index in [0.29, 0.717) is 25.5 Å². The summed E-state index contributed by atoms with van der Waals surface area (Å²) in [5, 5.41) is 7.12. The Morgan fingerprint density at radius 3 is 2.67 bits per heavy atom. The summed E-state index contributed by atoms with van der Waals surface area (Å²) in [6.45, 7) is 2.47. The number of amides is 1. The first-order valence-electron chi connectivity index (χ1n) is 10.3. The van der Waals surface area contributed by atoms with E-state index in [-0.39, 0.29) is 17.6 Å². The van der Waals surface area contributed by atoms with E-state index < -0.39 is 12.1 Å². The summed E-state index contributed by atoms with van der Waals surface area (Å²) in [6, 6.07) is 9.34. The molecule has 0 aromatic carbocycles. The van der Waals surface area contributed by atoms with E-state index in [1.807, 2.05) is 35.4 Å². The molecule has 1 amide bonds. The Labute approximate surface area is 188 Å². The Balaban J connectivity index is 0.000000383. The molecule has 0 saturated carbocycles. The lowest BCUT2D eigenvalue weighted by molar-refractivity contribution is -0.192. The van der Waals surface area contributed by atoms with Crippen LogP contribution in [-0.2, 0) is 20.9 Å². The highest BCUT2D eigenvalue weighted by Gasteiger charge is 2.45. The average Bonchev–Trinajstić information content (AvgIpc) is 3.20. The van der Waals surface area contributed by atoms with Crippen LogP contribution in [0.25, 0.3) is 0 Å². The van der Waals surface area contributed by atoms with Gasteiger partial charge in [0.2, 0.25) is 0 Å². The van der Waals surface area contributed by atoms with Crippen molar-refractivity contribution in [3.63, 3.8) is 0 Å². The van der Waals surface area contributed by atoms with Gasteiger partial charge in [0.05, 0.1) is 31.5 Å². The van der Waals surface area contributed by atoms with Crippen molar-refractivity contribution >= 4 is 11.9 Å². The summed E-state index contributed by atoms with van der Waals surface area (Å²) >= 11 is 0. The highest BCUT2D eigenvalue weighted by Crippen LogP contribution is 2.36. The molecule has 0 aliphatic carbocycles. The van der Waals surface area contributed by atoms with Crippen molar-refractivity contribution in [3.05, 3.63) is 60.2 Å². The molecule has 1 spiro atoms. The van der Waals surface area contributed by atoms with Crippen molar-refractivity contribution in [1.29, 1.82) is 0 Å². The number of alkyl halides is 3. The molecule has 0 bridgehead atoms. The molecular formula is C22H24F3N3O5. The zero-order chi connectivity index (χ0) is 23.9. The minimum absolute atomic E-state index is 0.0204. The van der Waals surface area contributed by atoms with E-state index >= 15 is 0 Å². The van der Waals surface area contributed by atoms with E-state index in [2.05, 4.69) is 9.97 Å². The van der Waals surface area contributed by atoms with Gasteiger partial charge in [0.15, 0.2) is 0 Å². The molecule has 2 fully saturated rings. The number of hydrogen-bond donors (Lipinski definition) is 1. The quantitative estimate of drug-likeness (QED) is 0.737. The van der Waals surface area contributed by atoms with E-state index in [9.17, 15) is 18.0 Å². The fourth-order valence-electron chi connectivity index (χ4n) is 3.81. The second kappa shape index (κ2) is 10.7. The first-order chi connectivity index (χ1) is 15.7. The molecule has 2 aromatic heterocycles. The minimum atomic E-state index is -5.08. The number of likely N-dealkylation sites (tertiary alicyclic amines) is 1. The van der Waals surface area contributed by atoms with E-state index in [4.69, 9.17) is 19.4 Å². The number of rotatable bonds is 4. The smallest absolute Gasteiger partial charge is 0.475 e. The van der Waals surface area contributed by atoms with Crippen LogP contribution in [0.4, 0.5) is 13.2 Å². The Kier molecular flexibility index (Phi) is 7.98. The number of carbonyl (C=O) groups is 2. The van der Waals surface area contributed by atoms with Gasteiger partial charge in [0.25, 0.3) is 5.91 Å². The standard InChI is InChI=1S/C20H23N3O3.C2HF3O2/c24-19(18-6-1-2-9-22-18)23-10-4-7-20(15-23)11-17(14-26-20)25-13-16-5-3-8-21-12-16;3-2(4,5)1(6)7/h1-3,5-6,8-9,12,17H,4,7,10-11,13-15H2;(H,6,7)/t17-,20-;/m0./s1. The zero-order valence-electron chi connectivity index (χ0n) is 17.7. The summed E-state index contributed by atoms with van der Waals surface area (Å²) in [4.78, 5) is 31.8. The monoisotopic (exact) mass is 467 g/mol. The number of carboxylic acid groups (broad SMARTS) is 1. The molecule has 11 heteroatoms. The number of piperidine rings is 1. The maximum Gasteiger partial charge on any atom is 0.490 e. The van der Waals surface area contributed by atoms with E-state index in [1.54, 1.807) is 18.5 Å². The number of aromatic nitrogens is 2. The van der Waals surface area contributed by atoms with Crippen LogP contribution < -0.4 is 0 Å².